The summed E-state index contributed by atoms with van der Waals surface area (Å²) in [6.07, 6.45) is 2.60. The van der Waals surface area contributed by atoms with Gasteiger partial charge >= 0.3 is 0 Å². The van der Waals surface area contributed by atoms with Crippen molar-refractivity contribution >= 4 is 34.0 Å². The van der Waals surface area contributed by atoms with E-state index in [4.69, 9.17) is 11.6 Å². The number of halogens is 1. The minimum atomic E-state index is -0.954. The summed E-state index contributed by atoms with van der Waals surface area (Å²) >= 11 is 5.95. The fourth-order valence-electron chi connectivity index (χ4n) is 1.57. The maximum Gasteiger partial charge on any atom is 0.253 e. The van der Waals surface area contributed by atoms with Gasteiger partial charge in [0.1, 0.15) is 0 Å². The van der Waals surface area contributed by atoms with Crippen LogP contribution in [0.1, 0.15) is 30.6 Å². The summed E-state index contributed by atoms with van der Waals surface area (Å²) in [6.45, 7) is 5.06. The molecule has 0 aliphatic heterocycles. The molecule has 0 fully saturated rings. The van der Waals surface area contributed by atoms with Gasteiger partial charge in [-0.05, 0) is 31.5 Å². The van der Waals surface area contributed by atoms with Crippen LogP contribution in [-0.4, -0.2) is 34.7 Å². The zero-order valence-corrected chi connectivity index (χ0v) is 13.6. The van der Waals surface area contributed by atoms with E-state index < -0.39 is 10.8 Å². The molecule has 0 aliphatic carbocycles. The molecule has 0 aliphatic rings. The van der Waals surface area contributed by atoms with Crippen LogP contribution in [0.25, 0.3) is 0 Å². The number of benzene rings is 1. The van der Waals surface area contributed by atoms with Crippen molar-refractivity contribution in [2.24, 2.45) is 0 Å². The van der Waals surface area contributed by atoms with Crippen LogP contribution in [0, 0.1) is 0 Å². The van der Waals surface area contributed by atoms with Crippen molar-refractivity contribution in [3.63, 3.8) is 0 Å². The van der Waals surface area contributed by atoms with Crippen LogP contribution in [0.4, 0.5) is 5.69 Å². The van der Waals surface area contributed by atoms with Crippen LogP contribution in [-0.2, 0) is 10.8 Å². The third-order valence-electron chi connectivity index (χ3n) is 2.91. The fourth-order valence-corrected chi connectivity index (χ4v) is 2.06. The van der Waals surface area contributed by atoms with E-state index in [1.165, 1.54) is 0 Å². The third kappa shape index (κ3) is 5.13. The Labute approximate surface area is 127 Å². The van der Waals surface area contributed by atoms with Gasteiger partial charge in [0.2, 0.25) is 0 Å². The lowest BCUT2D eigenvalue weighted by Gasteiger charge is -2.14. The molecule has 20 heavy (non-hydrogen) atoms. The maximum absolute atomic E-state index is 12.2. The van der Waals surface area contributed by atoms with Crippen molar-refractivity contribution in [1.82, 2.24) is 5.32 Å². The largest absolute Gasteiger partial charge is 0.384 e. The molecule has 1 amide bonds. The summed E-state index contributed by atoms with van der Waals surface area (Å²) in [7, 11) is -0.954. The van der Waals surface area contributed by atoms with Gasteiger partial charge in [-0.15, -0.1) is 0 Å². The second kappa shape index (κ2) is 8.27. The van der Waals surface area contributed by atoms with E-state index in [1.807, 2.05) is 6.92 Å². The monoisotopic (exact) mass is 316 g/mol. The Bertz CT molecular complexity index is 494. The van der Waals surface area contributed by atoms with E-state index in [2.05, 4.69) is 17.6 Å². The molecular weight excluding hydrogens is 296 g/mol. The minimum Gasteiger partial charge on any atom is -0.384 e. The summed E-state index contributed by atoms with van der Waals surface area (Å²) in [5.41, 5.74) is 1.28. The molecule has 0 radical (unpaired) electrons. The maximum atomic E-state index is 12.2. The highest BCUT2D eigenvalue weighted by molar-refractivity contribution is 7.84. The number of rotatable bonds is 7. The van der Waals surface area contributed by atoms with Crippen molar-refractivity contribution in [2.45, 2.75) is 25.5 Å². The lowest BCUT2D eigenvalue weighted by Crippen LogP contribution is -2.33. The number of hydrogen-bond acceptors (Lipinski definition) is 3. The highest BCUT2D eigenvalue weighted by Gasteiger charge is 2.14. The molecule has 1 aromatic carbocycles. The summed E-state index contributed by atoms with van der Waals surface area (Å²) in [4.78, 5) is 12.2. The third-order valence-corrected chi connectivity index (χ3v) is 4.44. The van der Waals surface area contributed by atoms with Gasteiger partial charge in [-0.1, -0.05) is 18.5 Å². The number of nitrogens with one attached hydrogen (secondary N) is 2. The van der Waals surface area contributed by atoms with Crippen LogP contribution < -0.4 is 10.6 Å². The van der Waals surface area contributed by atoms with Gasteiger partial charge in [0.15, 0.2) is 0 Å². The van der Waals surface area contributed by atoms with Crippen LogP contribution in [0.3, 0.4) is 0 Å². The molecule has 4 nitrogen and oxygen atoms in total. The Morgan fingerprint density at radius 1 is 1.45 bits per heavy atom. The van der Waals surface area contributed by atoms with Gasteiger partial charge in [0, 0.05) is 46.1 Å². The summed E-state index contributed by atoms with van der Waals surface area (Å²) < 4.78 is 11.3. The number of amides is 1. The first-order valence-electron chi connectivity index (χ1n) is 6.59. The highest BCUT2D eigenvalue weighted by Crippen LogP contribution is 2.20. The van der Waals surface area contributed by atoms with E-state index in [-0.39, 0.29) is 11.2 Å². The minimum absolute atomic E-state index is 0.0785. The van der Waals surface area contributed by atoms with Crippen molar-refractivity contribution in [1.29, 1.82) is 0 Å². The molecule has 1 aromatic rings. The molecule has 0 aromatic heterocycles. The van der Waals surface area contributed by atoms with Gasteiger partial charge in [-0.25, -0.2) is 0 Å². The van der Waals surface area contributed by atoms with Crippen LogP contribution in [0.5, 0.6) is 0 Å². The first-order valence-corrected chi connectivity index (χ1v) is 8.59. The molecule has 6 heteroatoms. The summed E-state index contributed by atoms with van der Waals surface area (Å²) in [5.74, 6) is -0.205. The first kappa shape index (κ1) is 17.0. The van der Waals surface area contributed by atoms with Gasteiger partial charge in [-0.2, -0.15) is 0 Å². The average molecular weight is 317 g/mol. The number of hydrogen-bond donors (Lipinski definition) is 2. The van der Waals surface area contributed by atoms with E-state index in [0.717, 1.165) is 18.7 Å². The quantitative estimate of drug-likeness (QED) is 0.813. The zero-order valence-electron chi connectivity index (χ0n) is 12.0. The van der Waals surface area contributed by atoms with Crippen LogP contribution >= 0.6 is 11.6 Å². The smallest absolute Gasteiger partial charge is 0.253 e. The number of anilines is 1. The summed E-state index contributed by atoms with van der Waals surface area (Å²) in [5, 5.41) is 6.43. The molecule has 2 atom stereocenters. The molecule has 112 valence electrons. The van der Waals surface area contributed by atoms with Crippen LogP contribution in [0.2, 0.25) is 5.02 Å². The Kier molecular flexibility index (Phi) is 7.02. The van der Waals surface area contributed by atoms with Crippen molar-refractivity contribution in [3.05, 3.63) is 28.8 Å². The molecule has 2 unspecified atom stereocenters. The van der Waals surface area contributed by atoms with Crippen LogP contribution in [0.15, 0.2) is 18.2 Å². The molecule has 0 saturated carbocycles. The lowest BCUT2D eigenvalue weighted by atomic mass is 10.1. The Morgan fingerprint density at radius 3 is 2.75 bits per heavy atom. The van der Waals surface area contributed by atoms with E-state index in [9.17, 15) is 9.00 Å². The number of carbonyl (C=O) groups is 1. The lowest BCUT2D eigenvalue weighted by molar-refractivity contribution is 0.0955. The molecule has 0 spiro atoms. The molecule has 1 rings (SSSR count). The molecule has 0 bridgehead atoms. The summed E-state index contributed by atoms with van der Waals surface area (Å²) in [6, 6.07) is 5.19. The van der Waals surface area contributed by atoms with Crippen molar-refractivity contribution < 1.29 is 9.00 Å². The second-order valence-corrected chi connectivity index (χ2v) is 6.87. The van der Waals surface area contributed by atoms with Gasteiger partial charge in [-0.3, -0.25) is 9.00 Å². The first-order chi connectivity index (χ1) is 9.45. The highest BCUT2D eigenvalue weighted by atomic mass is 35.5. The Morgan fingerprint density at radius 2 is 2.15 bits per heavy atom. The average Bonchev–Trinajstić information content (AvgIpc) is 2.42. The van der Waals surface area contributed by atoms with Crippen molar-refractivity contribution in [2.75, 3.05) is 24.7 Å². The SMILES string of the molecule is CCCNc1ccc(Cl)cc1C(=O)NCC(C)S(C)=O. The molecular formula is C14H21ClN2O2S. The van der Waals surface area contributed by atoms with E-state index in [0.29, 0.717) is 17.1 Å². The molecule has 0 saturated heterocycles. The normalized spacial score (nSPS) is 13.6. The Hall–Kier alpha value is -1.07. The van der Waals surface area contributed by atoms with E-state index in [1.54, 1.807) is 24.5 Å². The second-order valence-electron chi connectivity index (χ2n) is 4.64. The van der Waals surface area contributed by atoms with Gasteiger partial charge < -0.3 is 10.6 Å². The molecule has 0 heterocycles. The Balaban J connectivity index is 2.79. The van der Waals surface area contributed by atoms with Gasteiger partial charge in [0.05, 0.1) is 5.56 Å². The predicted molar refractivity (Wildman–Crippen MR) is 86.1 cm³/mol. The molecule has 2 N–H and O–H groups in total. The van der Waals surface area contributed by atoms with Crippen molar-refractivity contribution in [3.8, 4) is 0 Å². The van der Waals surface area contributed by atoms with Gasteiger partial charge in [0.25, 0.3) is 5.91 Å². The fraction of sp³-hybridized carbons (Fsp3) is 0.500. The predicted octanol–water partition coefficient (Wildman–Crippen LogP) is 2.66. The zero-order chi connectivity index (χ0) is 15.1. The number of carbonyl (C=O) groups excluding carboxylic acids is 1. The van der Waals surface area contributed by atoms with E-state index >= 15 is 0 Å². The standard InChI is InChI=1S/C14H21ClN2O2S/c1-4-7-16-13-6-5-11(15)8-12(13)14(18)17-9-10(2)20(3)19/h5-6,8,10,16H,4,7,9H2,1-3H3,(H,17,18). The topological polar surface area (TPSA) is 58.2 Å².